The highest BCUT2D eigenvalue weighted by molar-refractivity contribution is 5.87. The van der Waals surface area contributed by atoms with Gasteiger partial charge in [0.2, 0.25) is 0 Å². The summed E-state index contributed by atoms with van der Waals surface area (Å²) in [5, 5.41) is 21.5. The first-order valence-corrected chi connectivity index (χ1v) is 6.70. The zero-order chi connectivity index (χ0) is 13.1. The van der Waals surface area contributed by atoms with Gasteiger partial charge in [-0.2, -0.15) is 0 Å². The summed E-state index contributed by atoms with van der Waals surface area (Å²) in [5.74, 6) is -0.00634. The zero-order valence-electron chi connectivity index (χ0n) is 10.7. The lowest BCUT2D eigenvalue weighted by molar-refractivity contribution is -0.206. The van der Waals surface area contributed by atoms with Gasteiger partial charge in [0.15, 0.2) is 0 Å². The summed E-state index contributed by atoms with van der Waals surface area (Å²) >= 11 is 0. The molecule has 2 bridgehead atoms. The molecule has 3 aliphatic carbocycles. The molecule has 5 atom stereocenters. The van der Waals surface area contributed by atoms with Crippen molar-refractivity contribution in [1.82, 2.24) is 0 Å². The molecular formula is C14H20O4. The van der Waals surface area contributed by atoms with Gasteiger partial charge in [-0.25, -0.2) is 4.79 Å². The fourth-order valence-corrected chi connectivity index (χ4v) is 4.40. The van der Waals surface area contributed by atoms with E-state index in [9.17, 15) is 15.0 Å². The third-order valence-corrected chi connectivity index (χ3v) is 5.24. The molecule has 0 aromatic carbocycles. The molecule has 0 aromatic heterocycles. The lowest BCUT2D eigenvalue weighted by atomic mass is 9.74. The maximum Gasteiger partial charge on any atom is 0.333 e. The maximum atomic E-state index is 11.6. The molecule has 0 amide bonds. The van der Waals surface area contributed by atoms with Gasteiger partial charge in [-0.05, 0) is 50.9 Å². The van der Waals surface area contributed by atoms with E-state index in [1.165, 1.54) is 0 Å². The lowest BCUT2D eigenvalue weighted by Crippen LogP contribution is -2.59. The second-order valence-corrected chi connectivity index (χ2v) is 6.22. The van der Waals surface area contributed by atoms with Crippen LogP contribution >= 0.6 is 0 Å². The predicted octanol–water partition coefficient (Wildman–Crippen LogP) is 1.16. The van der Waals surface area contributed by atoms with Gasteiger partial charge in [-0.3, -0.25) is 0 Å². The second-order valence-electron chi connectivity index (χ2n) is 6.22. The fraction of sp³-hybridized carbons (Fsp3) is 0.786. The molecule has 0 spiro atoms. The van der Waals surface area contributed by atoms with Crippen LogP contribution in [0.4, 0.5) is 0 Å². The minimum atomic E-state index is -1.24. The number of aliphatic hydroxyl groups is 2. The van der Waals surface area contributed by atoms with Crippen LogP contribution in [0.3, 0.4) is 0 Å². The lowest BCUT2D eigenvalue weighted by Gasteiger charge is -2.43. The molecule has 0 heterocycles. The first kappa shape index (κ1) is 12.2. The van der Waals surface area contributed by atoms with Crippen molar-refractivity contribution in [3.8, 4) is 0 Å². The number of rotatable bonds is 2. The quantitative estimate of drug-likeness (QED) is 0.571. The molecule has 0 saturated heterocycles. The van der Waals surface area contributed by atoms with E-state index in [-0.39, 0.29) is 5.92 Å². The van der Waals surface area contributed by atoms with Gasteiger partial charge in [0.25, 0.3) is 0 Å². The van der Waals surface area contributed by atoms with Crippen molar-refractivity contribution in [2.45, 2.75) is 56.3 Å². The van der Waals surface area contributed by atoms with Crippen molar-refractivity contribution >= 4 is 5.97 Å². The summed E-state index contributed by atoms with van der Waals surface area (Å²) < 4.78 is 5.36. The highest BCUT2D eigenvalue weighted by Gasteiger charge is 2.72. The van der Waals surface area contributed by atoms with Gasteiger partial charge in [0.05, 0.1) is 5.60 Å². The van der Waals surface area contributed by atoms with Crippen molar-refractivity contribution in [3.63, 3.8) is 0 Å². The minimum Gasteiger partial charge on any atom is -0.456 e. The van der Waals surface area contributed by atoms with E-state index in [1.807, 2.05) is 0 Å². The van der Waals surface area contributed by atoms with E-state index in [2.05, 4.69) is 6.58 Å². The molecule has 3 aliphatic rings. The van der Waals surface area contributed by atoms with Crippen LogP contribution in [0.2, 0.25) is 0 Å². The monoisotopic (exact) mass is 252 g/mol. The van der Waals surface area contributed by atoms with Gasteiger partial charge >= 0.3 is 5.97 Å². The zero-order valence-corrected chi connectivity index (χ0v) is 10.7. The number of hydrogen-bond acceptors (Lipinski definition) is 4. The predicted molar refractivity (Wildman–Crippen MR) is 64.7 cm³/mol. The molecule has 18 heavy (non-hydrogen) atoms. The Labute approximate surface area is 107 Å². The molecule has 4 heteroatoms. The van der Waals surface area contributed by atoms with Crippen molar-refractivity contribution in [1.29, 1.82) is 0 Å². The van der Waals surface area contributed by atoms with E-state index in [0.717, 1.165) is 12.8 Å². The molecule has 0 aliphatic heterocycles. The first-order chi connectivity index (χ1) is 8.38. The average molecular weight is 252 g/mol. The van der Waals surface area contributed by atoms with Crippen molar-refractivity contribution in [2.24, 2.45) is 11.8 Å². The Balaban J connectivity index is 1.86. The van der Waals surface area contributed by atoms with Crippen molar-refractivity contribution in [2.75, 3.05) is 0 Å². The van der Waals surface area contributed by atoms with Crippen LogP contribution in [0, 0.1) is 11.8 Å². The van der Waals surface area contributed by atoms with Gasteiger partial charge in [-0.15, -0.1) is 0 Å². The van der Waals surface area contributed by atoms with Crippen LogP contribution in [-0.4, -0.2) is 33.5 Å². The van der Waals surface area contributed by atoms with E-state index in [0.29, 0.717) is 30.8 Å². The molecule has 3 saturated carbocycles. The third-order valence-electron chi connectivity index (χ3n) is 5.24. The minimum absolute atomic E-state index is 0.0826. The van der Waals surface area contributed by atoms with Gasteiger partial charge in [0.1, 0.15) is 11.7 Å². The van der Waals surface area contributed by atoms with Gasteiger partial charge in [0, 0.05) is 5.57 Å². The number of carbonyl (C=O) groups excluding carboxylic acids is 1. The van der Waals surface area contributed by atoms with Crippen LogP contribution in [0.15, 0.2) is 12.2 Å². The molecule has 0 aromatic rings. The highest BCUT2D eigenvalue weighted by atomic mass is 16.6. The Bertz CT molecular complexity index is 418. The van der Waals surface area contributed by atoms with E-state index >= 15 is 0 Å². The molecule has 0 radical (unpaired) electrons. The Morgan fingerprint density at radius 2 is 2.06 bits per heavy atom. The first-order valence-electron chi connectivity index (χ1n) is 6.70. The smallest absolute Gasteiger partial charge is 0.333 e. The second kappa shape index (κ2) is 3.58. The number of ether oxygens (including phenoxy) is 1. The van der Waals surface area contributed by atoms with E-state index in [1.54, 1.807) is 6.92 Å². The SMILES string of the molecule is C=C(C)C(=O)OC1CCC2C3CCC(O)(C3)C12O. The van der Waals surface area contributed by atoms with Crippen LogP contribution in [-0.2, 0) is 9.53 Å². The van der Waals surface area contributed by atoms with E-state index in [4.69, 9.17) is 4.74 Å². The van der Waals surface area contributed by atoms with Crippen LogP contribution in [0.25, 0.3) is 0 Å². The van der Waals surface area contributed by atoms with Crippen molar-refractivity contribution < 1.29 is 19.7 Å². The summed E-state index contributed by atoms with van der Waals surface area (Å²) in [7, 11) is 0. The summed E-state index contributed by atoms with van der Waals surface area (Å²) in [6.45, 7) is 5.14. The molecule has 3 fully saturated rings. The number of hydrogen-bond donors (Lipinski definition) is 2. The van der Waals surface area contributed by atoms with Gasteiger partial charge in [-0.1, -0.05) is 6.58 Å². The summed E-state index contributed by atoms with van der Waals surface area (Å²) in [4.78, 5) is 11.6. The van der Waals surface area contributed by atoms with Crippen LogP contribution in [0.1, 0.15) is 39.0 Å². The van der Waals surface area contributed by atoms with Crippen molar-refractivity contribution in [3.05, 3.63) is 12.2 Å². The van der Waals surface area contributed by atoms with Crippen LogP contribution < -0.4 is 0 Å². The highest BCUT2D eigenvalue weighted by Crippen LogP contribution is 2.63. The van der Waals surface area contributed by atoms with Gasteiger partial charge < -0.3 is 14.9 Å². The molecular weight excluding hydrogens is 232 g/mol. The average Bonchev–Trinajstić information content (AvgIpc) is 2.89. The topological polar surface area (TPSA) is 66.8 Å². The number of esters is 1. The Kier molecular flexibility index (Phi) is 2.42. The summed E-state index contributed by atoms with van der Waals surface area (Å²) in [5.41, 5.74) is -1.96. The fourth-order valence-electron chi connectivity index (χ4n) is 4.40. The normalized spacial score (nSPS) is 49.2. The molecule has 4 nitrogen and oxygen atoms in total. The molecule has 2 N–H and O–H groups in total. The Morgan fingerprint density at radius 3 is 2.72 bits per heavy atom. The number of carbonyl (C=O) groups is 1. The molecule has 3 rings (SSSR count). The summed E-state index contributed by atoms with van der Waals surface area (Å²) in [6, 6.07) is 0. The maximum absolute atomic E-state index is 11.6. The molecule has 100 valence electrons. The van der Waals surface area contributed by atoms with E-state index < -0.39 is 23.3 Å². The molecule has 5 unspecified atom stereocenters. The standard InChI is InChI=1S/C14H20O4/c1-8(2)12(15)18-11-4-3-10-9-5-6-13(16,7-9)14(10,11)17/h9-11,16-17H,1,3-7H2,2H3. The summed E-state index contributed by atoms with van der Waals surface area (Å²) in [6.07, 6.45) is 3.13. The third kappa shape index (κ3) is 1.30. The Morgan fingerprint density at radius 1 is 1.33 bits per heavy atom. The van der Waals surface area contributed by atoms with Crippen LogP contribution in [0.5, 0.6) is 0 Å². The largest absolute Gasteiger partial charge is 0.456 e. The number of fused-ring (bicyclic) bond motifs is 5. The Hall–Kier alpha value is -0.870.